The van der Waals surface area contributed by atoms with Gasteiger partial charge in [-0.1, -0.05) is 24.3 Å². The fourth-order valence-corrected chi connectivity index (χ4v) is 2.47. The summed E-state index contributed by atoms with van der Waals surface area (Å²) in [6, 6.07) is 14.0. The van der Waals surface area contributed by atoms with Crippen LogP contribution in [0.2, 0.25) is 0 Å². The van der Waals surface area contributed by atoms with Crippen molar-refractivity contribution in [3.8, 4) is 17.2 Å². The van der Waals surface area contributed by atoms with Crippen molar-refractivity contribution >= 4 is 5.69 Å². The van der Waals surface area contributed by atoms with E-state index in [9.17, 15) is 0 Å². The van der Waals surface area contributed by atoms with Crippen molar-refractivity contribution in [2.75, 3.05) is 11.9 Å². The molecule has 0 saturated carbocycles. The van der Waals surface area contributed by atoms with Crippen LogP contribution >= 0.6 is 0 Å². The normalized spacial score (nSPS) is 10.6. The van der Waals surface area contributed by atoms with E-state index in [4.69, 9.17) is 9.15 Å². The molecule has 3 aromatic rings. The van der Waals surface area contributed by atoms with Crippen LogP contribution in [-0.4, -0.2) is 16.8 Å². The number of anilines is 1. The van der Waals surface area contributed by atoms with Gasteiger partial charge in [0, 0.05) is 5.56 Å². The lowest BCUT2D eigenvalue weighted by atomic mass is 10.1. The Morgan fingerprint density at radius 2 is 1.92 bits per heavy atom. The zero-order valence-electron chi connectivity index (χ0n) is 14.2. The van der Waals surface area contributed by atoms with E-state index in [0.717, 1.165) is 28.1 Å². The number of benzene rings is 2. The molecule has 0 aliphatic carbocycles. The van der Waals surface area contributed by atoms with Crippen molar-refractivity contribution in [2.24, 2.45) is 0 Å². The Bertz CT molecular complexity index is 827. The largest absolute Gasteiger partial charge is 0.492 e. The van der Waals surface area contributed by atoms with Crippen molar-refractivity contribution < 1.29 is 9.15 Å². The third-order valence-electron chi connectivity index (χ3n) is 3.71. The van der Waals surface area contributed by atoms with Crippen LogP contribution in [0, 0.1) is 13.8 Å². The van der Waals surface area contributed by atoms with Gasteiger partial charge in [-0.05, 0) is 50.1 Å². The van der Waals surface area contributed by atoms with Crippen LogP contribution in [0.5, 0.6) is 5.75 Å². The Hall–Kier alpha value is -2.82. The lowest BCUT2D eigenvalue weighted by Crippen LogP contribution is -2.03. The summed E-state index contributed by atoms with van der Waals surface area (Å²) >= 11 is 0. The first-order valence-electron chi connectivity index (χ1n) is 8.03. The van der Waals surface area contributed by atoms with Gasteiger partial charge in [-0.2, -0.15) is 0 Å². The van der Waals surface area contributed by atoms with E-state index < -0.39 is 0 Å². The highest BCUT2D eigenvalue weighted by molar-refractivity contribution is 5.58. The quantitative estimate of drug-likeness (QED) is 0.730. The van der Waals surface area contributed by atoms with E-state index in [1.54, 1.807) is 0 Å². The maximum atomic E-state index is 5.77. The van der Waals surface area contributed by atoms with E-state index in [-0.39, 0.29) is 0 Å². The van der Waals surface area contributed by atoms with E-state index in [1.165, 1.54) is 0 Å². The van der Waals surface area contributed by atoms with Gasteiger partial charge < -0.3 is 14.5 Å². The van der Waals surface area contributed by atoms with Gasteiger partial charge in [0.15, 0.2) is 0 Å². The number of hydrogen-bond acceptors (Lipinski definition) is 5. The van der Waals surface area contributed by atoms with Crippen LogP contribution in [0.15, 0.2) is 46.9 Å². The van der Waals surface area contributed by atoms with Gasteiger partial charge in [-0.3, -0.25) is 0 Å². The zero-order valence-corrected chi connectivity index (χ0v) is 14.2. The summed E-state index contributed by atoms with van der Waals surface area (Å²) in [5.41, 5.74) is 4.14. The second-order valence-electron chi connectivity index (χ2n) is 5.60. The SMILES string of the molecule is CCOc1cc(C)ccc1NCc1nnc(-c2ccccc2C)o1. The predicted molar refractivity (Wildman–Crippen MR) is 94.1 cm³/mol. The van der Waals surface area contributed by atoms with Gasteiger partial charge in [0.05, 0.1) is 18.8 Å². The molecule has 0 unspecified atom stereocenters. The average molecular weight is 323 g/mol. The Balaban J connectivity index is 1.73. The van der Waals surface area contributed by atoms with Gasteiger partial charge in [0.1, 0.15) is 5.75 Å². The van der Waals surface area contributed by atoms with Crippen molar-refractivity contribution in [2.45, 2.75) is 27.3 Å². The van der Waals surface area contributed by atoms with E-state index in [0.29, 0.717) is 24.9 Å². The number of nitrogens with zero attached hydrogens (tertiary/aromatic N) is 2. The van der Waals surface area contributed by atoms with Gasteiger partial charge in [-0.15, -0.1) is 10.2 Å². The molecular formula is C19H21N3O2. The van der Waals surface area contributed by atoms with Crippen molar-refractivity contribution in [1.82, 2.24) is 10.2 Å². The molecule has 0 aliphatic heterocycles. The monoisotopic (exact) mass is 323 g/mol. The third kappa shape index (κ3) is 3.56. The fourth-order valence-electron chi connectivity index (χ4n) is 2.47. The molecule has 124 valence electrons. The number of aryl methyl sites for hydroxylation is 2. The highest BCUT2D eigenvalue weighted by Gasteiger charge is 2.11. The highest BCUT2D eigenvalue weighted by atomic mass is 16.5. The smallest absolute Gasteiger partial charge is 0.248 e. The summed E-state index contributed by atoms with van der Waals surface area (Å²) in [5, 5.41) is 11.6. The number of ether oxygens (including phenoxy) is 1. The molecule has 24 heavy (non-hydrogen) atoms. The maximum Gasteiger partial charge on any atom is 0.248 e. The topological polar surface area (TPSA) is 60.2 Å². The molecule has 0 fully saturated rings. The van der Waals surface area contributed by atoms with E-state index in [1.807, 2.05) is 63.2 Å². The van der Waals surface area contributed by atoms with Crippen molar-refractivity contribution in [3.05, 3.63) is 59.5 Å². The second kappa shape index (κ2) is 7.17. The van der Waals surface area contributed by atoms with E-state index >= 15 is 0 Å². The summed E-state index contributed by atoms with van der Waals surface area (Å²) in [6.45, 7) is 7.10. The number of nitrogens with one attached hydrogen (secondary N) is 1. The van der Waals surface area contributed by atoms with Crippen LogP contribution in [0.25, 0.3) is 11.5 Å². The molecule has 0 spiro atoms. The molecule has 3 rings (SSSR count). The summed E-state index contributed by atoms with van der Waals surface area (Å²) in [5.74, 6) is 1.91. The Kier molecular flexibility index (Phi) is 4.79. The molecule has 0 amide bonds. The molecule has 0 bridgehead atoms. The van der Waals surface area contributed by atoms with Crippen LogP contribution < -0.4 is 10.1 Å². The Morgan fingerprint density at radius 3 is 2.71 bits per heavy atom. The first-order chi connectivity index (χ1) is 11.7. The number of hydrogen-bond donors (Lipinski definition) is 1. The van der Waals surface area contributed by atoms with Gasteiger partial charge >= 0.3 is 0 Å². The summed E-state index contributed by atoms with van der Waals surface area (Å²) < 4.78 is 11.4. The second-order valence-corrected chi connectivity index (χ2v) is 5.60. The highest BCUT2D eigenvalue weighted by Crippen LogP contribution is 2.27. The lowest BCUT2D eigenvalue weighted by Gasteiger charge is -2.11. The zero-order chi connectivity index (χ0) is 16.9. The summed E-state index contributed by atoms with van der Waals surface area (Å²) in [7, 11) is 0. The maximum absolute atomic E-state index is 5.77. The standard InChI is InChI=1S/C19H21N3O2/c1-4-23-17-11-13(2)9-10-16(17)20-12-18-21-22-19(24-18)15-8-6-5-7-14(15)3/h5-11,20H,4,12H2,1-3H3. The molecule has 0 aliphatic rings. The molecule has 0 radical (unpaired) electrons. The first-order valence-corrected chi connectivity index (χ1v) is 8.03. The Morgan fingerprint density at radius 1 is 1.08 bits per heavy atom. The number of aromatic nitrogens is 2. The molecule has 0 atom stereocenters. The molecule has 2 aromatic carbocycles. The van der Waals surface area contributed by atoms with Crippen LogP contribution in [0.3, 0.4) is 0 Å². The van der Waals surface area contributed by atoms with Gasteiger partial charge in [0.2, 0.25) is 11.8 Å². The van der Waals surface area contributed by atoms with Crippen LogP contribution in [-0.2, 0) is 6.54 Å². The molecule has 5 nitrogen and oxygen atoms in total. The fraction of sp³-hybridized carbons (Fsp3) is 0.263. The number of rotatable bonds is 6. The molecule has 1 N–H and O–H groups in total. The molecule has 1 heterocycles. The Labute approximate surface area is 141 Å². The molecule has 1 aromatic heterocycles. The first kappa shape index (κ1) is 16.1. The van der Waals surface area contributed by atoms with Crippen LogP contribution in [0.1, 0.15) is 23.9 Å². The van der Waals surface area contributed by atoms with Gasteiger partial charge in [-0.25, -0.2) is 0 Å². The minimum absolute atomic E-state index is 0.446. The van der Waals surface area contributed by atoms with Crippen LogP contribution in [0.4, 0.5) is 5.69 Å². The molecular weight excluding hydrogens is 302 g/mol. The lowest BCUT2D eigenvalue weighted by molar-refractivity contribution is 0.341. The van der Waals surface area contributed by atoms with Crippen molar-refractivity contribution in [1.29, 1.82) is 0 Å². The average Bonchev–Trinajstić information content (AvgIpc) is 3.03. The van der Waals surface area contributed by atoms with Crippen molar-refractivity contribution in [3.63, 3.8) is 0 Å². The predicted octanol–water partition coefficient (Wildman–Crippen LogP) is 4.36. The van der Waals surface area contributed by atoms with E-state index in [2.05, 4.69) is 15.5 Å². The van der Waals surface area contributed by atoms with Gasteiger partial charge in [0.25, 0.3) is 0 Å². The summed E-state index contributed by atoms with van der Waals surface area (Å²) in [6.07, 6.45) is 0. The summed E-state index contributed by atoms with van der Waals surface area (Å²) in [4.78, 5) is 0. The third-order valence-corrected chi connectivity index (χ3v) is 3.71. The minimum atomic E-state index is 0.446. The molecule has 0 saturated heterocycles. The minimum Gasteiger partial charge on any atom is -0.492 e. The molecule has 5 heteroatoms.